The number of hydrogen-bond acceptors (Lipinski definition) is 1. The Balaban J connectivity index is 0.00000289. The van der Waals surface area contributed by atoms with Gasteiger partial charge >= 0.3 is 0 Å². The van der Waals surface area contributed by atoms with Crippen LogP contribution in [0.2, 0.25) is 0 Å². The second kappa shape index (κ2) is 5.25. The summed E-state index contributed by atoms with van der Waals surface area (Å²) in [5, 5.41) is 0. The van der Waals surface area contributed by atoms with Gasteiger partial charge in [-0.3, -0.25) is 4.79 Å². The Morgan fingerprint density at radius 3 is 2.59 bits per heavy atom. The first-order chi connectivity index (χ1) is 8.01. The first-order valence-electron chi connectivity index (χ1n) is 5.06. The quantitative estimate of drug-likeness (QED) is 0.797. The monoisotopic (exact) mass is 233 g/mol. The highest BCUT2D eigenvalue weighted by Crippen LogP contribution is 2.22. The molecule has 0 bridgehead atoms. The third-order valence-electron chi connectivity index (χ3n) is 2.37. The van der Waals surface area contributed by atoms with Crippen molar-refractivity contribution < 1.29 is 10.6 Å². The smallest absolute Gasteiger partial charge is 0.251 e. The van der Waals surface area contributed by atoms with Crippen molar-refractivity contribution in [1.29, 1.82) is 0 Å². The molecule has 2 N–H and O–H groups in total. The number of primary amides is 1. The number of nitrogens with two attached hydrogens (primary N) is 1. The molecule has 0 radical (unpaired) electrons. The fourth-order valence-corrected chi connectivity index (χ4v) is 1.52. The van der Waals surface area contributed by atoms with E-state index in [2.05, 4.69) is 13.2 Å². The van der Waals surface area contributed by atoms with Crippen LogP contribution in [-0.2, 0) is 0 Å². The van der Waals surface area contributed by atoms with Gasteiger partial charge in [-0.05, 0) is 35.8 Å². The van der Waals surface area contributed by atoms with E-state index in [0.29, 0.717) is 11.1 Å². The lowest BCUT2D eigenvalue weighted by Crippen LogP contribution is -2.14. The highest BCUT2D eigenvalue weighted by molar-refractivity contribution is 5.94. The molecule has 0 saturated carbocycles. The molecule has 3 heteroatoms. The second-order valence-corrected chi connectivity index (χ2v) is 3.58. The van der Waals surface area contributed by atoms with Crippen molar-refractivity contribution in [3.63, 3.8) is 0 Å². The SMILES string of the molecule is C=C/C=C(\C=C)c1cc(C)c(F)c(C(N)=O)c1.[HH]. The number of carbonyl (C=O) groups is 1. The maximum absolute atomic E-state index is 13.6. The average Bonchev–Trinajstić information content (AvgIpc) is 2.29. The minimum atomic E-state index is -0.783. The Morgan fingerprint density at radius 1 is 1.47 bits per heavy atom. The van der Waals surface area contributed by atoms with Gasteiger partial charge in [0.25, 0.3) is 5.91 Å². The third kappa shape index (κ3) is 2.69. The molecule has 0 aliphatic rings. The molecule has 17 heavy (non-hydrogen) atoms. The summed E-state index contributed by atoms with van der Waals surface area (Å²) >= 11 is 0. The molecule has 1 amide bonds. The van der Waals surface area contributed by atoms with Gasteiger partial charge in [0.2, 0.25) is 0 Å². The van der Waals surface area contributed by atoms with Crippen LogP contribution in [0.25, 0.3) is 5.57 Å². The predicted molar refractivity (Wildman–Crippen MR) is 70.1 cm³/mol. The molecule has 1 aromatic rings. The summed E-state index contributed by atoms with van der Waals surface area (Å²) in [6.07, 6.45) is 4.93. The summed E-state index contributed by atoms with van der Waals surface area (Å²) in [6, 6.07) is 3.06. The second-order valence-electron chi connectivity index (χ2n) is 3.58. The molecule has 0 unspecified atom stereocenters. The van der Waals surface area contributed by atoms with Crippen molar-refractivity contribution >= 4 is 11.5 Å². The van der Waals surface area contributed by atoms with E-state index in [1.165, 1.54) is 6.07 Å². The molecule has 0 aliphatic carbocycles. The molecule has 0 heterocycles. The van der Waals surface area contributed by atoms with Crippen molar-refractivity contribution in [2.75, 3.05) is 0 Å². The zero-order chi connectivity index (χ0) is 13.0. The zero-order valence-corrected chi connectivity index (χ0v) is 9.66. The molecule has 1 rings (SSSR count). The van der Waals surface area contributed by atoms with Gasteiger partial charge in [-0.15, -0.1) is 0 Å². The molecule has 0 fully saturated rings. The van der Waals surface area contributed by atoms with Crippen LogP contribution in [0.15, 0.2) is 43.5 Å². The van der Waals surface area contributed by atoms with E-state index >= 15 is 0 Å². The number of benzene rings is 1. The molecular weight excluding hydrogens is 217 g/mol. The van der Waals surface area contributed by atoms with Crippen LogP contribution in [0, 0.1) is 12.7 Å². The molecule has 90 valence electrons. The predicted octanol–water partition coefficient (Wildman–Crippen LogP) is 3.23. The number of halogens is 1. The maximum Gasteiger partial charge on any atom is 0.251 e. The van der Waals surface area contributed by atoms with Crippen molar-refractivity contribution in [2.24, 2.45) is 5.73 Å². The Hall–Kier alpha value is -2.16. The number of carbonyl (C=O) groups excluding carboxylic acids is 1. The first-order valence-corrected chi connectivity index (χ1v) is 5.06. The Bertz CT molecular complexity index is 521. The van der Waals surface area contributed by atoms with Gasteiger partial charge in [-0.25, -0.2) is 4.39 Å². The fraction of sp³-hybridized carbons (Fsp3) is 0.0714. The maximum atomic E-state index is 13.6. The molecule has 0 aromatic heterocycles. The van der Waals surface area contributed by atoms with Gasteiger partial charge in [0.05, 0.1) is 5.56 Å². The van der Waals surface area contributed by atoms with Gasteiger partial charge < -0.3 is 5.73 Å². The lowest BCUT2D eigenvalue weighted by Gasteiger charge is -2.08. The van der Waals surface area contributed by atoms with Crippen LogP contribution in [0.3, 0.4) is 0 Å². The van der Waals surface area contributed by atoms with E-state index in [0.717, 1.165) is 5.57 Å². The van der Waals surface area contributed by atoms with Crippen molar-refractivity contribution in [3.8, 4) is 0 Å². The van der Waals surface area contributed by atoms with E-state index in [-0.39, 0.29) is 6.99 Å². The summed E-state index contributed by atoms with van der Waals surface area (Å²) < 4.78 is 13.6. The number of aryl methyl sites for hydroxylation is 1. The topological polar surface area (TPSA) is 43.1 Å². The van der Waals surface area contributed by atoms with Crippen LogP contribution in [-0.4, -0.2) is 5.91 Å². The molecule has 1 aromatic carbocycles. The number of allylic oxidation sites excluding steroid dienone is 4. The van der Waals surface area contributed by atoms with Crippen molar-refractivity contribution in [3.05, 3.63) is 66.0 Å². The Kier molecular flexibility index (Phi) is 3.99. The summed E-state index contributed by atoms with van der Waals surface area (Å²) in [7, 11) is 0. The minimum Gasteiger partial charge on any atom is -0.366 e. The standard InChI is InChI=1S/C14H14FNO.H2/c1-4-6-10(5-2)11-7-9(3)13(15)12(8-11)14(16)17;/h4-8H,1-2H2,3H3,(H2,16,17);1H/b10-6+;. The summed E-state index contributed by atoms with van der Waals surface area (Å²) in [6.45, 7) is 8.82. The summed E-state index contributed by atoms with van der Waals surface area (Å²) in [5.74, 6) is -1.36. The van der Waals surface area contributed by atoms with Crippen LogP contribution in [0.1, 0.15) is 22.9 Å². The van der Waals surface area contributed by atoms with Crippen LogP contribution in [0.5, 0.6) is 0 Å². The summed E-state index contributed by atoms with van der Waals surface area (Å²) in [4.78, 5) is 11.1. The summed E-state index contributed by atoms with van der Waals surface area (Å²) in [5.41, 5.74) is 6.82. The van der Waals surface area contributed by atoms with Gasteiger partial charge in [-0.1, -0.05) is 31.4 Å². The highest BCUT2D eigenvalue weighted by Gasteiger charge is 2.13. The Labute approximate surface area is 101 Å². The molecular formula is C14H16FNO. The van der Waals surface area contributed by atoms with Crippen molar-refractivity contribution in [1.82, 2.24) is 0 Å². The van der Waals surface area contributed by atoms with E-state index in [4.69, 9.17) is 5.73 Å². The zero-order valence-electron chi connectivity index (χ0n) is 9.66. The normalized spacial score (nSPS) is 11.1. The van der Waals surface area contributed by atoms with E-state index in [1.54, 1.807) is 31.2 Å². The molecule has 0 aliphatic heterocycles. The molecule has 0 spiro atoms. The van der Waals surface area contributed by atoms with Crippen LogP contribution < -0.4 is 5.73 Å². The van der Waals surface area contributed by atoms with Gasteiger partial charge in [0.1, 0.15) is 5.82 Å². The minimum absolute atomic E-state index is 0. The van der Waals surface area contributed by atoms with Crippen molar-refractivity contribution in [2.45, 2.75) is 6.92 Å². The molecule has 2 nitrogen and oxygen atoms in total. The number of rotatable bonds is 4. The van der Waals surface area contributed by atoms with Gasteiger partial charge in [0, 0.05) is 1.43 Å². The van der Waals surface area contributed by atoms with E-state index in [1.807, 2.05) is 0 Å². The highest BCUT2D eigenvalue weighted by atomic mass is 19.1. The van der Waals surface area contributed by atoms with Crippen LogP contribution in [0.4, 0.5) is 4.39 Å². The average molecular weight is 233 g/mol. The Morgan fingerprint density at radius 2 is 2.12 bits per heavy atom. The van der Waals surface area contributed by atoms with E-state index < -0.39 is 11.7 Å². The fourth-order valence-electron chi connectivity index (χ4n) is 1.52. The lowest BCUT2D eigenvalue weighted by molar-refractivity contribution is 0.0996. The van der Waals surface area contributed by atoms with E-state index in [9.17, 15) is 9.18 Å². The third-order valence-corrected chi connectivity index (χ3v) is 2.37. The molecule has 0 saturated heterocycles. The van der Waals surface area contributed by atoms with Gasteiger partial charge in [-0.2, -0.15) is 0 Å². The van der Waals surface area contributed by atoms with Gasteiger partial charge in [0.15, 0.2) is 0 Å². The first kappa shape index (κ1) is 12.9. The largest absolute Gasteiger partial charge is 0.366 e. The van der Waals surface area contributed by atoms with Crippen LogP contribution >= 0.6 is 0 Å². The lowest BCUT2D eigenvalue weighted by atomic mass is 9.99. The number of amides is 1. The molecule has 0 atom stereocenters. The number of hydrogen-bond donors (Lipinski definition) is 1.